The highest BCUT2D eigenvalue weighted by atomic mass is 79.9. The van der Waals surface area contributed by atoms with Gasteiger partial charge in [-0.25, -0.2) is 0 Å². The summed E-state index contributed by atoms with van der Waals surface area (Å²) in [6, 6.07) is 3.22. The molecule has 0 radical (unpaired) electrons. The van der Waals surface area contributed by atoms with E-state index in [4.69, 9.17) is 0 Å². The Balaban J connectivity index is 2.30. The fourth-order valence-corrected chi connectivity index (χ4v) is 1.42. The van der Waals surface area contributed by atoms with Gasteiger partial charge in [0.15, 0.2) is 0 Å². The van der Waals surface area contributed by atoms with E-state index in [1.165, 1.54) is 6.20 Å². The minimum atomic E-state index is -4.63. The van der Waals surface area contributed by atoms with Crippen LogP contribution in [-0.2, 0) is 11.5 Å². The van der Waals surface area contributed by atoms with Crippen molar-refractivity contribution < 1.29 is 17.6 Å². The summed E-state index contributed by atoms with van der Waals surface area (Å²) in [6.45, 7) is 0. The van der Waals surface area contributed by atoms with Gasteiger partial charge in [0.2, 0.25) is 5.89 Å². The molecular weight excluding hydrogens is 303 g/mol. The van der Waals surface area contributed by atoms with Gasteiger partial charge in [-0.05, 0) is 12.1 Å². The molecule has 0 bridgehead atoms. The second-order valence-electron chi connectivity index (χ2n) is 3.08. The number of aromatic nitrogens is 3. The third kappa shape index (κ3) is 2.63. The molecule has 0 spiro atoms. The zero-order chi connectivity index (χ0) is 12.5. The van der Waals surface area contributed by atoms with Crippen LogP contribution in [0.2, 0.25) is 0 Å². The van der Waals surface area contributed by atoms with E-state index in [9.17, 15) is 13.2 Å². The average molecular weight is 308 g/mol. The van der Waals surface area contributed by atoms with Crippen LogP contribution in [-0.4, -0.2) is 15.2 Å². The molecule has 2 rings (SSSR count). The molecule has 0 fully saturated rings. The van der Waals surface area contributed by atoms with Crippen molar-refractivity contribution >= 4 is 15.9 Å². The Bertz CT molecular complexity index is 509. The van der Waals surface area contributed by atoms with Crippen LogP contribution in [0.5, 0.6) is 0 Å². The Morgan fingerprint density at radius 2 is 2.00 bits per heavy atom. The van der Waals surface area contributed by atoms with Crippen molar-refractivity contribution in [1.29, 1.82) is 0 Å². The summed E-state index contributed by atoms with van der Waals surface area (Å²) in [4.78, 5) is 3.99. The average Bonchev–Trinajstić information content (AvgIpc) is 2.78. The Morgan fingerprint density at radius 1 is 1.24 bits per heavy atom. The van der Waals surface area contributed by atoms with Crippen LogP contribution in [0, 0.1) is 0 Å². The molecule has 0 unspecified atom stereocenters. The maximum Gasteiger partial charge on any atom is 0.470 e. The Morgan fingerprint density at radius 3 is 2.47 bits per heavy atom. The van der Waals surface area contributed by atoms with Gasteiger partial charge in [0.1, 0.15) is 0 Å². The number of halogens is 4. The molecule has 2 aromatic rings. The zero-order valence-electron chi connectivity index (χ0n) is 8.20. The molecular formula is C9H5BrF3N3O. The molecule has 0 aliphatic carbocycles. The summed E-state index contributed by atoms with van der Waals surface area (Å²) in [7, 11) is 0. The largest absolute Gasteiger partial charge is 0.470 e. The van der Waals surface area contributed by atoms with Gasteiger partial charge in [-0.3, -0.25) is 4.98 Å². The van der Waals surface area contributed by atoms with Gasteiger partial charge in [0.05, 0.1) is 11.3 Å². The van der Waals surface area contributed by atoms with Gasteiger partial charge >= 0.3 is 12.1 Å². The molecule has 0 saturated heterocycles. The van der Waals surface area contributed by atoms with E-state index in [0.717, 1.165) is 5.69 Å². The smallest absolute Gasteiger partial charge is 0.413 e. The maximum absolute atomic E-state index is 12.2. The minimum absolute atomic E-state index is 0.203. The number of alkyl halides is 4. The Hall–Kier alpha value is -1.44. The standard InChI is InChI=1S/C9H5BrF3N3O/c10-3-6-2-1-5(4-14-6)7-15-16-8(17-7)9(11,12)13/h1-2,4H,3H2. The highest BCUT2D eigenvalue weighted by molar-refractivity contribution is 9.08. The summed E-state index contributed by atoms with van der Waals surface area (Å²) >= 11 is 3.21. The molecule has 0 aliphatic heterocycles. The molecule has 90 valence electrons. The second kappa shape index (κ2) is 4.44. The Labute approximate surface area is 102 Å². The van der Waals surface area contributed by atoms with E-state index >= 15 is 0 Å². The number of nitrogens with zero attached hydrogens (tertiary/aromatic N) is 3. The first-order chi connectivity index (χ1) is 8.00. The zero-order valence-corrected chi connectivity index (χ0v) is 9.79. The molecule has 0 atom stereocenters. The molecule has 17 heavy (non-hydrogen) atoms. The van der Waals surface area contributed by atoms with Gasteiger partial charge in [0.25, 0.3) is 0 Å². The first-order valence-corrected chi connectivity index (χ1v) is 5.55. The highest BCUT2D eigenvalue weighted by Gasteiger charge is 2.38. The van der Waals surface area contributed by atoms with E-state index in [1.807, 2.05) is 0 Å². The van der Waals surface area contributed by atoms with Crippen LogP contribution in [0.15, 0.2) is 22.7 Å². The van der Waals surface area contributed by atoms with Crippen LogP contribution in [0.25, 0.3) is 11.5 Å². The predicted octanol–water partition coefficient (Wildman–Crippen LogP) is 3.05. The lowest BCUT2D eigenvalue weighted by Crippen LogP contribution is -2.04. The number of hydrogen-bond acceptors (Lipinski definition) is 4. The van der Waals surface area contributed by atoms with Crippen LogP contribution in [0.1, 0.15) is 11.6 Å². The van der Waals surface area contributed by atoms with E-state index in [-0.39, 0.29) is 5.89 Å². The molecule has 0 aromatic carbocycles. The maximum atomic E-state index is 12.2. The van der Waals surface area contributed by atoms with Crippen LogP contribution in [0.3, 0.4) is 0 Å². The first-order valence-electron chi connectivity index (χ1n) is 4.42. The van der Waals surface area contributed by atoms with Gasteiger partial charge in [0, 0.05) is 11.5 Å². The van der Waals surface area contributed by atoms with Crippen molar-refractivity contribution in [2.75, 3.05) is 0 Å². The molecule has 0 amide bonds. The summed E-state index contributed by atoms with van der Waals surface area (Å²) < 4.78 is 41.2. The molecule has 2 aromatic heterocycles. The van der Waals surface area contributed by atoms with Crippen molar-refractivity contribution in [3.8, 4) is 11.5 Å². The van der Waals surface area contributed by atoms with Crippen molar-refractivity contribution in [3.63, 3.8) is 0 Å². The highest BCUT2D eigenvalue weighted by Crippen LogP contribution is 2.30. The van der Waals surface area contributed by atoms with Gasteiger partial charge in [-0.2, -0.15) is 13.2 Å². The summed E-state index contributed by atoms with van der Waals surface area (Å²) in [5.41, 5.74) is 1.10. The first kappa shape index (κ1) is 12.0. The predicted molar refractivity (Wildman–Crippen MR) is 55.2 cm³/mol. The van der Waals surface area contributed by atoms with Crippen molar-refractivity contribution in [2.45, 2.75) is 11.5 Å². The summed E-state index contributed by atoms with van der Waals surface area (Å²) in [6.07, 6.45) is -3.25. The van der Waals surface area contributed by atoms with E-state index < -0.39 is 12.1 Å². The van der Waals surface area contributed by atoms with Gasteiger partial charge in [-0.15, -0.1) is 10.2 Å². The quantitative estimate of drug-likeness (QED) is 0.800. The molecule has 0 saturated carbocycles. The third-order valence-electron chi connectivity index (χ3n) is 1.88. The lowest BCUT2D eigenvalue weighted by Gasteiger charge is -1.98. The number of rotatable bonds is 2. The fraction of sp³-hybridized carbons (Fsp3) is 0.222. The number of hydrogen-bond donors (Lipinski definition) is 0. The minimum Gasteiger partial charge on any atom is -0.413 e. The lowest BCUT2D eigenvalue weighted by atomic mass is 10.2. The topological polar surface area (TPSA) is 51.8 Å². The SMILES string of the molecule is FC(F)(F)c1nnc(-c2ccc(CBr)nc2)o1. The van der Waals surface area contributed by atoms with E-state index in [0.29, 0.717) is 10.9 Å². The van der Waals surface area contributed by atoms with Gasteiger partial charge < -0.3 is 4.42 Å². The summed E-state index contributed by atoms with van der Waals surface area (Å²) in [5, 5.41) is 6.81. The van der Waals surface area contributed by atoms with E-state index in [1.54, 1.807) is 12.1 Å². The molecule has 8 heteroatoms. The molecule has 4 nitrogen and oxygen atoms in total. The van der Waals surface area contributed by atoms with Gasteiger partial charge in [-0.1, -0.05) is 15.9 Å². The van der Waals surface area contributed by atoms with Crippen LogP contribution >= 0.6 is 15.9 Å². The van der Waals surface area contributed by atoms with Crippen LogP contribution < -0.4 is 0 Å². The molecule has 0 aliphatic rings. The van der Waals surface area contributed by atoms with Crippen molar-refractivity contribution in [3.05, 3.63) is 29.9 Å². The number of pyridine rings is 1. The fourth-order valence-electron chi connectivity index (χ4n) is 1.08. The monoisotopic (exact) mass is 307 g/mol. The van der Waals surface area contributed by atoms with Crippen molar-refractivity contribution in [1.82, 2.24) is 15.2 Å². The van der Waals surface area contributed by atoms with E-state index in [2.05, 4.69) is 35.5 Å². The molecule has 2 heterocycles. The summed E-state index contributed by atoms with van der Waals surface area (Å²) in [5.74, 6) is -1.57. The lowest BCUT2D eigenvalue weighted by molar-refractivity contribution is -0.156. The normalized spacial score (nSPS) is 11.8. The van der Waals surface area contributed by atoms with Crippen molar-refractivity contribution in [2.24, 2.45) is 0 Å². The molecule has 0 N–H and O–H groups in total. The second-order valence-corrected chi connectivity index (χ2v) is 3.64. The Kier molecular flexibility index (Phi) is 3.14. The van der Waals surface area contributed by atoms with Crippen LogP contribution in [0.4, 0.5) is 13.2 Å². The third-order valence-corrected chi connectivity index (χ3v) is 2.45.